The zero-order valence-corrected chi connectivity index (χ0v) is 10.8. The molecule has 0 aromatic carbocycles. The molecule has 0 atom stereocenters. The van der Waals surface area contributed by atoms with Crippen molar-refractivity contribution >= 4 is 17.6 Å². The molecular weight excluding hydrogens is 246 g/mol. The van der Waals surface area contributed by atoms with E-state index in [1.807, 2.05) is 6.92 Å². The average Bonchev–Trinajstić information content (AvgIpc) is 2.42. The Hall–Kier alpha value is -2.15. The number of piperazine rings is 1. The molecule has 2 heterocycles. The Morgan fingerprint density at radius 1 is 1.26 bits per heavy atom. The highest BCUT2D eigenvalue weighted by atomic mass is 16.2. The molecule has 1 fully saturated rings. The summed E-state index contributed by atoms with van der Waals surface area (Å²) in [7, 11) is 0. The highest BCUT2D eigenvalue weighted by Crippen LogP contribution is 2.10. The molecule has 7 nitrogen and oxygen atoms in total. The lowest BCUT2D eigenvalue weighted by Crippen LogP contribution is -2.53. The maximum absolute atomic E-state index is 11.9. The van der Waals surface area contributed by atoms with Crippen molar-refractivity contribution in [2.45, 2.75) is 13.5 Å². The van der Waals surface area contributed by atoms with Gasteiger partial charge in [-0.2, -0.15) is 0 Å². The van der Waals surface area contributed by atoms with Crippen LogP contribution in [0.15, 0.2) is 18.2 Å². The molecule has 1 aliphatic rings. The third-order valence-corrected chi connectivity index (χ3v) is 3.05. The topological polar surface area (TPSA) is 91.6 Å². The van der Waals surface area contributed by atoms with Crippen molar-refractivity contribution in [3.05, 3.63) is 23.9 Å². The van der Waals surface area contributed by atoms with Crippen LogP contribution in [0.25, 0.3) is 0 Å². The maximum Gasteiger partial charge on any atom is 0.243 e. The predicted octanol–water partition coefficient (Wildman–Crippen LogP) is -0.442. The number of rotatable bonds is 4. The second-order valence-corrected chi connectivity index (χ2v) is 4.32. The summed E-state index contributed by atoms with van der Waals surface area (Å²) in [6.45, 7) is 2.98. The number of aromatic nitrogens is 1. The number of nitrogens with zero attached hydrogens (tertiary/aromatic N) is 3. The number of likely N-dealkylation sites (N-methyl/N-ethyl adjacent to an activating group) is 1. The number of pyridine rings is 1. The third-order valence-electron chi connectivity index (χ3n) is 3.05. The fraction of sp³-hybridized carbons (Fsp3) is 0.417. The Morgan fingerprint density at radius 3 is 2.63 bits per heavy atom. The molecule has 1 aromatic rings. The molecule has 1 aromatic heterocycles. The first-order valence-corrected chi connectivity index (χ1v) is 6.12. The van der Waals surface area contributed by atoms with Gasteiger partial charge < -0.3 is 15.2 Å². The summed E-state index contributed by atoms with van der Waals surface area (Å²) in [5.41, 5.74) is 3.15. The van der Waals surface area contributed by atoms with Crippen LogP contribution in [0, 0.1) is 0 Å². The van der Waals surface area contributed by atoms with Gasteiger partial charge in [0.2, 0.25) is 11.8 Å². The first-order chi connectivity index (χ1) is 9.13. The number of amides is 2. The highest BCUT2D eigenvalue weighted by Gasteiger charge is 2.28. The van der Waals surface area contributed by atoms with Crippen LogP contribution in [0.4, 0.5) is 5.82 Å². The van der Waals surface area contributed by atoms with Crippen molar-refractivity contribution in [1.82, 2.24) is 14.8 Å². The monoisotopic (exact) mass is 263 g/mol. The van der Waals surface area contributed by atoms with Crippen molar-refractivity contribution in [1.29, 1.82) is 0 Å². The molecule has 1 aliphatic heterocycles. The molecule has 3 N–H and O–H groups in total. The van der Waals surface area contributed by atoms with Crippen molar-refractivity contribution in [3.8, 4) is 0 Å². The molecular formula is C12H17N5O2. The van der Waals surface area contributed by atoms with Crippen LogP contribution < -0.4 is 11.3 Å². The normalized spacial score (nSPS) is 15.9. The van der Waals surface area contributed by atoms with Gasteiger partial charge in [-0.25, -0.2) is 10.8 Å². The SMILES string of the molecule is CCN1CC(=O)N(Cc2cccc(NN)n2)CC1=O. The van der Waals surface area contributed by atoms with Gasteiger partial charge in [-0.15, -0.1) is 0 Å². The molecule has 0 saturated carbocycles. The lowest BCUT2D eigenvalue weighted by Gasteiger charge is -2.33. The summed E-state index contributed by atoms with van der Waals surface area (Å²) in [6, 6.07) is 5.32. The van der Waals surface area contributed by atoms with Crippen LogP contribution >= 0.6 is 0 Å². The Kier molecular flexibility index (Phi) is 3.96. The summed E-state index contributed by atoms with van der Waals surface area (Å²) in [4.78, 5) is 31.0. The van der Waals surface area contributed by atoms with Crippen molar-refractivity contribution in [2.75, 3.05) is 25.1 Å². The summed E-state index contributed by atoms with van der Waals surface area (Å²) >= 11 is 0. The Balaban J connectivity index is 2.06. The van der Waals surface area contributed by atoms with Gasteiger partial charge in [0, 0.05) is 6.54 Å². The zero-order valence-electron chi connectivity index (χ0n) is 10.8. The van der Waals surface area contributed by atoms with Gasteiger partial charge in [0.25, 0.3) is 0 Å². The van der Waals surface area contributed by atoms with E-state index in [4.69, 9.17) is 5.84 Å². The van der Waals surface area contributed by atoms with E-state index in [0.29, 0.717) is 24.6 Å². The molecule has 0 unspecified atom stereocenters. The number of nitrogens with one attached hydrogen (secondary N) is 1. The third kappa shape index (κ3) is 3.00. The largest absolute Gasteiger partial charge is 0.332 e. The standard InChI is InChI=1S/C12H17N5O2/c1-2-16-7-12(19)17(8-11(16)18)6-9-4-3-5-10(14-9)15-13/h3-5H,2,6-8,13H2,1H3,(H,14,15). The molecule has 2 rings (SSSR count). The number of hydrogen-bond donors (Lipinski definition) is 2. The molecule has 0 spiro atoms. The number of carbonyl (C=O) groups is 2. The smallest absolute Gasteiger partial charge is 0.243 e. The summed E-state index contributed by atoms with van der Waals surface area (Å²) in [5, 5.41) is 0. The Labute approximate surface area is 111 Å². The van der Waals surface area contributed by atoms with E-state index in [1.54, 1.807) is 23.1 Å². The van der Waals surface area contributed by atoms with Crippen molar-refractivity contribution in [3.63, 3.8) is 0 Å². The number of nitrogen functional groups attached to an aromatic ring is 1. The minimum atomic E-state index is -0.0608. The lowest BCUT2D eigenvalue weighted by atomic mass is 10.2. The van der Waals surface area contributed by atoms with Crippen LogP contribution in [-0.2, 0) is 16.1 Å². The van der Waals surface area contributed by atoms with Crippen molar-refractivity contribution < 1.29 is 9.59 Å². The average molecular weight is 263 g/mol. The number of carbonyl (C=O) groups excluding carboxylic acids is 2. The van der Waals surface area contributed by atoms with Gasteiger partial charge in [0.15, 0.2) is 0 Å². The number of nitrogens with two attached hydrogens (primary N) is 1. The van der Waals surface area contributed by atoms with Gasteiger partial charge in [0.1, 0.15) is 12.4 Å². The number of hydrazine groups is 1. The molecule has 0 radical (unpaired) electrons. The molecule has 102 valence electrons. The molecule has 2 amide bonds. The van der Waals surface area contributed by atoms with E-state index < -0.39 is 0 Å². The van der Waals surface area contributed by atoms with Crippen LogP contribution in [0.5, 0.6) is 0 Å². The maximum atomic E-state index is 11.9. The minimum absolute atomic E-state index is 0.0322. The first kappa shape index (κ1) is 13.3. The van der Waals surface area contributed by atoms with Crippen LogP contribution in [0.1, 0.15) is 12.6 Å². The Morgan fingerprint density at radius 2 is 1.95 bits per heavy atom. The fourth-order valence-electron chi connectivity index (χ4n) is 1.98. The molecule has 0 aliphatic carbocycles. The number of anilines is 1. The first-order valence-electron chi connectivity index (χ1n) is 6.12. The zero-order chi connectivity index (χ0) is 13.8. The second-order valence-electron chi connectivity index (χ2n) is 4.32. The summed E-state index contributed by atoms with van der Waals surface area (Å²) < 4.78 is 0. The lowest BCUT2D eigenvalue weighted by molar-refractivity contribution is -0.150. The van der Waals surface area contributed by atoms with Gasteiger partial charge in [-0.3, -0.25) is 9.59 Å². The van der Waals surface area contributed by atoms with E-state index in [9.17, 15) is 9.59 Å². The Bertz CT molecular complexity index is 491. The van der Waals surface area contributed by atoms with Crippen LogP contribution in [0.3, 0.4) is 0 Å². The second kappa shape index (κ2) is 5.66. The summed E-state index contributed by atoms with van der Waals surface area (Å²) in [6.07, 6.45) is 0. The van der Waals surface area contributed by atoms with Gasteiger partial charge >= 0.3 is 0 Å². The van der Waals surface area contributed by atoms with Crippen molar-refractivity contribution in [2.24, 2.45) is 5.84 Å². The van der Waals surface area contributed by atoms with Gasteiger partial charge in [-0.05, 0) is 19.1 Å². The van der Waals surface area contributed by atoms with Crippen LogP contribution in [0.2, 0.25) is 0 Å². The molecule has 1 saturated heterocycles. The predicted molar refractivity (Wildman–Crippen MR) is 69.7 cm³/mol. The quantitative estimate of drug-likeness (QED) is 0.567. The van der Waals surface area contributed by atoms with E-state index in [-0.39, 0.29) is 24.9 Å². The molecule has 0 bridgehead atoms. The fourth-order valence-corrected chi connectivity index (χ4v) is 1.98. The summed E-state index contributed by atoms with van der Waals surface area (Å²) in [5.74, 6) is 5.72. The highest BCUT2D eigenvalue weighted by molar-refractivity contribution is 5.92. The van der Waals surface area contributed by atoms with E-state index >= 15 is 0 Å². The number of hydrogen-bond acceptors (Lipinski definition) is 5. The van der Waals surface area contributed by atoms with E-state index in [2.05, 4.69) is 10.4 Å². The molecule has 7 heteroatoms. The van der Waals surface area contributed by atoms with Gasteiger partial charge in [-0.1, -0.05) is 6.07 Å². The van der Waals surface area contributed by atoms with E-state index in [0.717, 1.165) is 0 Å². The van der Waals surface area contributed by atoms with Crippen LogP contribution in [-0.4, -0.2) is 46.2 Å². The van der Waals surface area contributed by atoms with E-state index in [1.165, 1.54) is 4.90 Å². The van der Waals surface area contributed by atoms with Gasteiger partial charge in [0.05, 0.1) is 18.8 Å². The molecule has 19 heavy (non-hydrogen) atoms. The minimum Gasteiger partial charge on any atom is -0.332 e.